The molecule has 1 fully saturated rings. The van der Waals surface area contributed by atoms with Crippen LogP contribution in [0.1, 0.15) is 25.6 Å². The number of nitrogens with one attached hydrogen (secondary N) is 2. The maximum atomic E-state index is 12.6. The lowest BCUT2D eigenvalue weighted by Crippen LogP contribution is -2.16. The van der Waals surface area contributed by atoms with Crippen molar-refractivity contribution in [1.29, 1.82) is 0 Å². The molecule has 4 nitrogen and oxygen atoms in total. The molecule has 0 aromatic carbocycles. The van der Waals surface area contributed by atoms with E-state index in [-0.39, 0.29) is 11.6 Å². The van der Waals surface area contributed by atoms with Gasteiger partial charge in [0.25, 0.3) is 0 Å². The summed E-state index contributed by atoms with van der Waals surface area (Å²) in [5.74, 6) is -0.130. The van der Waals surface area contributed by atoms with E-state index < -0.39 is 12.0 Å². The number of halogens is 3. The normalized spacial score (nSPS) is 15.6. The van der Waals surface area contributed by atoms with E-state index in [0.717, 1.165) is 12.8 Å². The van der Waals surface area contributed by atoms with Crippen molar-refractivity contribution < 1.29 is 13.2 Å². The van der Waals surface area contributed by atoms with Crippen molar-refractivity contribution >= 4 is 11.6 Å². The second-order valence-electron chi connectivity index (χ2n) is 4.31. The average molecular weight is 260 g/mol. The van der Waals surface area contributed by atoms with E-state index in [0.29, 0.717) is 19.0 Å². The van der Waals surface area contributed by atoms with Crippen LogP contribution in [0.4, 0.5) is 24.8 Å². The molecule has 2 N–H and O–H groups in total. The predicted molar refractivity (Wildman–Crippen MR) is 62.4 cm³/mol. The van der Waals surface area contributed by atoms with Gasteiger partial charge in [0, 0.05) is 19.2 Å². The molecule has 0 unspecified atom stereocenters. The monoisotopic (exact) mass is 260 g/mol. The molecule has 0 aliphatic heterocycles. The van der Waals surface area contributed by atoms with Crippen LogP contribution in [0.3, 0.4) is 0 Å². The lowest BCUT2D eigenvalue weighted by atomic mass is 10.4. The SMILES string of the molecule is CCNc1cc(NCC2CC2)nc(C(F)(F)F)n1. The Kier molecular flexibility index (Phi) is 3.58. The van der Waals surface area contributed by atoms with E-state index in [4.69, 9.17) is 0 Å². The van der Waals surface area contributed by atoms with Crippen molar-refractivity contribution in [2.45, 2.75) is 25.9 Å². The smallest absolute Gasteiger partial charge is 0.370 e. The minimum atomic E-state index is -4.53. The quantitative estimate of drug-likeness (QED) is 0.854. The van der Waals surface area contributed by atoms with Crippen LogP contribution in [0, 0.1) is 5.92 Å². The predicted octanol–water partition coefficient (Wildman–Crippen LogP) is 2.75. The number of hydrogen-bond donors (Lipinski definition) is 2. The summed E-state index contributed by atoms with van der Waals surface area (Å²) in [5, 5.41) is 5.70. The first-order valence-corrected chi connectivity index (χ1v) is 5.93. The van der Waals surface area contributed by atoms with Gasteiger partial charge >= 0.3 is 6.18 Å². The zero-order valence-electron chi connectivity index (χ0n) is 10.0. The second-order valence-corrected chi connectivity index (χ2v) is 4.31. The van der Waals surface area contributed by atoms with E-state index in [9.17, 15) is 13.2 Å². The summed E-state index contributed by atoms with van der Waals surface area (Å²) >= 11 is 0. The van der Waals surface area contributed by atoms with Gasteiger partial charge in [-0.1, -0.05) is 0 Å². The molecule has 0 amide bonds. The molecule has 0 radical (unpaired) electrons. The zero-order valence-corrected chi connectivity index (χ0v) is 10.0. The van der Waals surface area contributed by atoms with Gasteiger partial charge in [0.2, 0.25) is 5.82 Å². The van der Waals surface area contributed by atoms with Gasteiger partial charge in [-0.05, 0) is 25.7 Å². The average Bonchev–Trinajstić information content (AvgIpc) is 3.09. The first-order chi connectivity index (χ1) is 8.49. The Labute approximate surface area is 103 Å². The Morgan fingerprint density at radius 1 is 1.22 bits per heavy atom. The van der Waals surface area contributed by atoms with Crippen LogP contribution < -0.4 is 10.6 Å². The fourth-order valence-corrected chi connectivity index (χ4v) is 1.51. The molecule has 0 saturated heterocycles. The van der Waals surface area contributed by atoms with Crippen molar-refractivity contribution in [3.8, 4) is 0 Å². The van der Waals surface area contributed by atoms with Crippen LogP contribution in [0.25, 0.3) is 0 Å². The van der Waals surface area contributed by atoms with E-state index in [1.54, 1.807) is 6.92 Å². The van der Waals surface area contributed by atoms with Gasteiger partial charge in [-0.2, -0.15) is 13.2 Å². The van der Waals surface area contributed by atoms with Gasteiger partial charge in [-0.15, -0.1) is 0 Å². The molecule has 18 heavy (non-hydrogen) atoms. The van der Waals surface area contributed by atoms with E-state index in [1.807, 2.05) is 0 Å². The third-order valence-electron chi connectivity index (χ3n) is 2.61. The van der Waals surface area contributed by atoms with Crippen LogP contribution in [-0.2, 0) is 6.18 Å². The Morgan fingerprint density at radius 3 is 2.33 bits per heavy atom. The second kappa shape index (κ2) is 4.99. The van der Waals surface area contributed by atoms with Crippen LogP contribution in [0.5, 0.6) is 0 Å². The van der Waals surface area contributed by atoms with Crippen molar-refractivity contribution in [2.75, 3.05) is 23.7 Å². The van der Waals surface area contributed by atoms with Crippen molar-refractivity contribution in [3.63, 3.8) is 0 Å². The highest BCUT2D eigenvalue weighted by atomic mass is 19.4. The summed E-state index contributed by atoms with van der Waals surface area (Å²) in [6.07, 6.45) is -2.27. The minimum Gasteiger partial charge on any atom is -0.370 e. The van der Waals surface area contributed by atoms with Gasteiger partial charge in [-0.3, -0.25) is 0 Å². The number of hydrogen-bond acceptors (Lipinski definition) is 4. The van der Waals surface area contributed by atoms with Crippen LogP contribution in [0.15, 0.2) is 6.07 Å². The minimum absolute atomic E-state index is 0.193. The third kappa shape index (κ3) is 3.48. The van der Waals surface area contributed by atoms with Crippen LogP contribution in [0.2, 0.25) is 0 Å². The summed E-state index contributed by atoms with van der Waals surface area (Å²) in [4.78, 5) is 6.95. The van der Waals surface area contributed by atoms with E-state index >= 15 is 0 Å². The number of alkyl halides is 3. The van der Waals surface area contributed by atoms with E-state index in [1.165, 1.54) is 6.07 Å². The maximum Gasteiger partial charge on any atom is 0.451 e. The Morgan fingerprint density at radius 2 is 1.83 bits per heavy atom. The lowest BCUT2D eigenvalue weighted by molar-refractivity contribution is -0.144. The summed E-state index contributed by atoms with van der Waals surface area (Å²) in [7, 11) is 0. The molecule has 1 saturated carbocycles. The van der Waals surface area contributed by atoms with E-state index in [2.05, 4.69) is 20.6 Å². The maximum absolute atomic E-state index is 12.6. The fraction of sp³-hybridized carbons (Fsp3) is 0.636. The third-order valence-corrected chi connectivity index (χ3v) is 2.61. The van der Waals surface area contributed by atoms with Crippen molar-refractivity contribution in [3.05, 3.63) is 11.9 Å². The van der Waals surface area contributed by atoms with Crippen LogP contribution >= 0.6 is 0 Å². The summed E-state index contributed by atoms with van der Waals surface area (Å²) in [6.45, 7) is 2.98. The standard InChI is InChI=1S/C11H15F3N4/c1-2-15-8-5-9(16-6-7-3-4-7)18-10(17-8)11(12,13)14/h5,7H,2-4,6H2,1H3,(H2,15,16,17,18). The van der Waals surface area contributed by atoms with Crippen molar-refractivity contribution in [1.82, 2.24) is 9.97 Å². The largest absolute Gasteiger partial charge is 0.451 e. The molecule has 7 heteroatoms. The summed E-state index contributed by atoms with van der Waals surface area (Å²) in [6, 6.07) is 1.50. The van der Waals surface area contributed by atoms with Gasteiger partial charge < -0.3 is 10.6 Å². The molecular formula is C11H15F3N4. The summed E-state index contributed by atoms with van der Waals surface area (Å²) < 4.78 is 37.9. The highest BCUT2D eigenvalue weighted by molar-refractivity contribution is 5.47. The molecule has 1 aliphatic rings. The molecule has 0 bridgehead atoms. The first-order valence-electron chi connectivity index (χ1n) is 5.93. The molecule has 0 spiro atoms. The molecule has 1 heterocycles. The molecule has 100 valence electrons. The zero-order chi connectivity index (χ0) is 13.2. The molecular weight excluding hydrogens is 245 g/mol. The van der Waals surface area contributed by atoms with Crippen LogP contribution in [-0.4, -0.2) is 23.1 Å². The highest BCUT2D eigenvalue weighted by Crippen LogP contribution is 2.30. The summed E-state index contributed by atoms with van der Waals surface area (Å²) in [5.41, 5.74) is 0. The number of aromatic nitrogens is 2. The van der Waals surface area contributed by atoms with Gasteiger partial charge in [0.15, 0.2) is 0 Å². The number of nitrogens with zero attached hydrogens (tertiary/aromatic N) is 2. The number of rotatable bonds is 5. The molecule has 1 aromatic heterocycles. The fourth-order valence-electron chi connectivity index (χ4n) is 1.51. The lowest BCUT2D eigenvalue weighted by Gasteiger charge is -2.11. The topological polar surface area (TPSA) is 49.8 Å². The Balaban J connectivity index is 2.17. The number of anilines is 2. The molecule has 1 aliphatic carbocycles. The molecule has 2 rings (SSSR count). The van der Waals surface area contributed by atoms with Gasteiger partial charge in [-0.25, -0.2) is 9.97 Å². The molecule has 1 aromatic rings. The first kappa shape index (κ1) is 12.9. The highest BCUT2D eigenvalue weighted by Gasteiger charge is 2.35. The molecule has 0 atom stereocenters. The Bertz CT molecular complexity index is 415. The van der Waals surface area contributed by atoms with Crippen molar-refractivity contribution in [2.24, 2.45) is 5.92 Å². The van der Waals surface area contributed by atoms with Gasteiger partial charge in [0.05, 0.1) is 0 Å². The Hall–Kier alpha value is -1.53. The van der Waals surface area contributed by atoms with Gasteiger partial charge in [0.1, 0.15) is 11.6 Å².